The van der Waals surface area contributed by atoms with Crippen LogP contribution in [-0.4, -0.2) is 99.6 Å². The molecule has 0 saturated carbocycles. The fourth-order valence-electron chi connectivity index (χ4n) is 7.83. The zero-order chi connectivity index (χ0) is 51.8. The molecule has 0 aromatic rings. The first-order valence-corrected chi connectivity index (χ1v) is 27.7. The van der Waals surface area contributed by atoms with E-state index in [2.05, 4.69) is 74.7 Å². The minimum absolute atomic E-state index is 0.0649. The molecular formula is C60H99NO10. The Labute approximate surface area is 430 Å². The summed E-state index contributed by atoms with van der Waals surface area (Å²) in [6, 6.07) is -1.07. The van der Waals surface area contributed by atoms with Crippen LogP contribution in [-0.2, 0) is 23.8 Å². The maximum Gasteiger partial charge on any atom is 0.306 e. The summed E-state index contributed by atoms with van der Waals surface area (Å²) in [5.41, 5.74) is 0. The van der Waals surface area contributed by atoms with Gasteiger partial charge in [0.1, 0.15) is 24.4 Å². The molecule has 8 atom stereocenters. The zero-order valence-electron chi connectivity index (χ0n) is 44.3. The Morgan fingerprint density at radius 3 is 1.68 bits per heavy atom. The molecule has 0 aromatic heterocycles. The van der Waals surface area contributed by atoms with Gasteiger partial charge in [-0.15, -0.1) is 0 Å². The Morgan fingerprint density at radius 1 is 0.577 bits per heavy atom. The molecule has 404 valence electrons. The Bertz CT molecular complexity index is 1560. The molecule has 1 aliphatic heterocycles. The second kappa shape index (κ2) is 47.3. The number of hydrogen-bond donors (Lipinski definition) is 6. The molecule has 71 heavy (non-hydrogen) atoms. The Hall–Kier alpha value is -3.68. The van der Waals surface area contributed by atoms with Crippen molar-refractivity contribution in [3.05, 3.63) is 109 Å². The lowest BCUT2D eigenvalue weighted by atomic mass is 9.99. The number of allylic oxidation sites excluding steroid dienone is 17. The lowest BCUT2D eigenvalue weighted by Gasteiger charge is -2.41. The molecule has 11 nitrogen and oxygen atoms in total. The predicted molar refractivity (Wildman–Crippen MR) is 291 cm³/mol. The first kappa shape index (κ1) is 65.3. The van der Waals surface area contributed by atoms with Gasteiger partial charge in [0.2, 0.25) is 5.91 Å². The van der Waals surface area contributed by atoms with Gasteiger partial charge in [0.15, 0.2) is 12.4 Å². The average molecular weight is 994 g/mol. The van der Waals surface area contributed by atoms with E-state index in [-0.39, 0.29) is 19.4 Å². The van der Waals surface area contributed by atoms with E-state index >= 15 is 0 Å². The van der Waals surface area contributed by atoms with Crippen LogP contribution >= 0.6 is 0 Å². The van der Waals surface area contributed by atoms with Crippen LogP contribution in [0.3, 0.4) is 0 Å². The first-order chi connectivity index (χ1) is 34.7. The van der Waals surface area contributed by atoms with Crippen LogP contribution in [0, 0.1) is 0 Å². The van der Waals surface area contributed by atoms with E-state index in [0.717, 1.165) is 77.0 Å². The van der Waals surface area contributed by atoms with Crippen molar-refractivity contribution in [3.8, 4) is 0 Å². The number of aliphatic hydroxyl groups is 5. The van der Waals surface area contributed by atoms with Gasteiger partial charge in [-0.2, -0.15) is 0 Å². The molecule has 1 saturated heterocycles. The highest BCUT2D eigenvalue weighted by molar-refractivity contribution is 5.80. The molecule has 11 heteroatoms. The highest BCUT2D eigenvalue weighted by atomic mass is 16.7. The van der Waals surface area contributed by atoms with Gasteiger partial charge >= 0.3 is 5.97 Å². The van der Waals surface area contributed by atoms with E-state index in [1.54, 1.807) is 6.08 Å². The van der Waals surface area contributed by atoms with Crippen LogP contribution in [0.5, 0.6) is 0 Å². The fourth-order valence-corrected chi connectivity index (χ4v) is 7.83. The van der Waals surface area contributed by atoms with E-state index in [0.29, 0.717) is 12.8 Å². The number of nitrogens with one attached hydrogen (secondary N) is 1. The van der Waals surface area contributed by atoms with E-state index < -0.39 is 67.4 Å². The monoisotopic (exact) mass is 994 g/mol. The van der Waals surface area contributed by atoms with Crippen molar-refractivity contribution in [1.82, 2.24) is 5.32 Å². The number of esters is 1. The fraction of sp³-hybridized carbons (Fsp3) is 0.667. The van der Waals surface area contributed by atoms with Crippen molar-refractivity contribution < 1.29 is 49.3 Å². The summed E-state index contributed by atoms with van der Waals surface area (Å²) >= 11 is 0. The van der Waals surface area contributed by atoms with Gasteiger partial charge in [-0.1, -0.05) is 214 Å². The summed E-state index contributed by atoms with van der Waals surface area (Å²) < 4.78 is 17.5. The summed E-state index contributed by atoms with van der Waals surface area (Å²) in [7, 11) is 0. The van der Waals surface area contributed by atoms with Gasteiger partial charge in [-0.3, -0.25) is 9.59 Å². The molecule has 6 N–H and O–H groups in total. The molecule has 1 fully saturated rings. The van der Waals surface area contributed by atoms with Gasteiger partial charge in [-0.05, 0) is 83.5 Å². The summed E-state index contributed by atoms with van der Waals surface area (Å²) in [5.74, 6) is -1.31. The summed E-state index contributed by atoms with van der Waals surface area (Å²) in [4.78, 5) is 26.4. The van der Waals surface area contributed by atoms with Gasteiger partial charge in [0, 0.05) is 6.42 Å². The largest absolute Gasteiger partial charge is 0.454 e. The number of amides is 1. The van der Waals surface area contributed by atoms with Gasteiger partial charge in [0.25, 0.3) is 0 Å². The molecule has 8 unspecified atom stereocenters. The van der Waals surface area contributed by atoms with Crippen LogP contribution in [0.4, 0.5) is 0 Å². The van der Waals surface area contributed by atoms with Crippen molar-refractivity contribution >= 4 is 11.9 Å². The number of aliphatic hydroxyl groups excluding tert-OH is 5. The Balaban J connectivity index is 2.84. The van der Waals surface area contributed by atoms with E-state index in [1.807, 2.05) is 54.7 Å². The van der Waals surface area contributed by atoms with Crippen molar-refractivity contribution in [2.45, 2.75) is 243 Å². The molecule has 0 spiro atoms. The van der Waals surface area contributed by atoms with Gasteiger partial charge < -0.3 is 45.1 Å². The van der Waals surface area contributed by atoms with Crippen LogP contribution in [0.2, 0.25) is 0 Å². The lowest BCUT2D eigenvalue weighted by Crippen LogP contribution is -2.61. The number of unbranched alkanes of at least 4 members (excludes halogenated alkanes) is 17. The Morgan fingerprint density at radius 2 is 1.07 bits per heavy atom. The summed E-state index contributed by atoms with van der Waals surface area (Å²) in [5, 5.41) is 56.6. The normalized spacial score (nSPS) is 20.5. The first-order valence-electron chi connectivity index (χ1n) is 27.7. The molecule has 1 amide bonds. The molecule has 1 heterocycles. The number of rotatable bonds is 44. The maximum absolute atomic E-state index is 13.3. The van der Waals surface area contributed by atoms with E-state index in [1.165, 1.54) is 70.6 Å². The molecule has 0 radical (unpaired) electrons. The van der Waals surface area contributed by atoms with Crippen LogP contribution in [0.1, 0.15) is 194 Å². The number of carbonyl (C=O) groups is 2. The van der Waals surface area contributed by atoms with Crippen molar-refractivity contribution in [1.29, 1.82) is 0 Å². The van der Waals surface area contributed by atoms with Gasteiger partial charge in [-0.25, -0.2) is 0 Å². The quantitative estimate of drug-likeness (QED) is 0.0149. The van der Waals surface area contributed by atoms with Crippen molar-refractivity contribution in [3.63, 3.8) is 0 Å². The van der Waals surface area contributed by atoms with Crippen molar-refractivity contribution in [2.75, 3.05) is 13.2 Å². The Kier molecular flexibility index (Phi) is 43.6. The third-order valence-corrected chi connectivity index (χ3v) is 12.3. The lowest BCUT2D eigenvalue weighted by molar-refractivity contribution is -0.305. The zero-order valence-corrected chi connectivity index (χ0v) is 44.3. The number of ether oxygens (including phenoxy) is 3. The SMILES string of the molecule is CC/C=C/C=C/C=C\C=C/CCCCCC(=O)OC1C(OCC(NC(=O)C(O)CC/C=C\C/C=C\C/C=C\C/C=C\CCCCC)C(O)/C=C/CCCCCCCCCCCCC)OC(CO)C(O)C1O. The van der Waals surface area contributed by atoms with Crippen LogP contribution < -0.4 is 5.32 Å². The molecular weight excluding hydrogens is 895 g/mol. The number of carbonyl (C=O) groups excluding carboxylic acids is 2. The molecule has 1 rings (SSSR count). The molecule has 1 aliphatic rings. The third kappa shape index (κ3) is 36.0. The summed E-state index contributed by atoms with van der Waals surface area (Å²) in [6.07, 6.45) is 52.9. The smallest absolute Gasteiger partial charge is 0.306 e. The average Bonchev–Trinajstić information content (AvgIpc) is 3.37. The summed E-state index contributed by atoms with van der Waals surface area (Å²) in [6.45, 7) is 5.52. The minimum atomic E-state index is -1.64. The molecule has 0 aliphatic carbocycles. The van der Waals surface area contributed by atoms with Crippen LogP contribution in [0.15, 0.2) is 109 Å². The van der Waals surface area contributed by atoms with E-state index in [9.17, 15) is 35.1 Å². The van der Waals surface area contributed by atoms with Crippen LogP contribution in [0.25, 0.3) is 0 Å². The minimum Gasteiger partial charge on any atom is -0.454 e. The van der Waals surface area contributed by atoms with Gasteiger partial charge in [0.05, 0.1) is 25.4 Å². The number of hydrogen-bond acceptors (Lipinski definition) is 10. The predicted octanol–water partition coefficient (Wildman–Crippen LogP) is 12.2. The second-order valence-corrected chi connectivity index (χ2v) is 18.7. The second-order valence-electron chi connectivity index (χ2n) is 18.7. The molecule has 0 bridgehead atoms. The standard InChI is InChI=1S/C60H99NO10/c1-4-7-10-13-16-19-22-25-26-27-30-32-35-38-41-44-47-53(64)59(68)61-51(52(63)46-43-40-37-34-31-28-23-20-17-14-11-8-5-2)50-69-60-58(57(67)56(66)54(49-62)70-60)71-55(65)48-45-42-39-36-33-29-24-21-18-15-12-9-6-3/h9,12,15-16,18-19,21,24-26,29-30,32-33,38,41,43,46,51-54,56-58,60,62-64,66-67H,4-8,10-11,13-14,17,20,22-23,27-28,31,34-37,39-40,42,44-45,47-50H2,1-3H3,(H,61,68)/b12-9+,18-15+,19-16-,24-21-,26-25-,32-30-,33-29-,41-38-,46-43+. The third-order valence-electron chi connectivity index (χ3n) is 12.3. The topological polar surface area (TPSA) is 175 Å². The highest BCUT2D eigenvalue weighted by Gasteiger charge is 2.47. The highest BCUT2D eigenvalue weighted by Crippen LogP contribution is 2.26. The van der Waals surface area contributed by atoms with E-state index in [4.69, 9.17) is 14.2 Å². The van der Waals surface area contributed by atoms with Crippen molar-refractivity contribution in [2.24, 2.45) is 0 Å². The molecule has 0 aromatic carbocycles. The maximum atomic E-state index is 13.3.